The number of rotatable bonds is 5. The third-order valence-electron chi connectivity index (χ3n) is 3.35. The van der Waals surface area contributed by atoms with Crippen LogP contribution in [-0.4, -0.2) is 37.8 Å². The molecule has 0 saturated carbocycles. The van der Waals surface area contributed by atoms with E-state index in [1.165, 1.54) is 0 Å². The van der Waals surface area contributed by atoms with Gasteiger partial charge in [0.05, 0.1) is 31.4 Å². The summed E-state index contributed by atoms with van der Waals surface area (Å²) in [6.45, 7) is 4.15. The largest absolute Gasteiger partial charge is 0.465 e. The molecule has 21 heavy (non-hydrogen) atoms. The monoisotopic (exact) mass is 285 g/mol. The van der Waals surface area contributed by atoms with Gasteiger partial charge in [0.15, 0.2) is 0 Å². The molecule has 3 rings (SSSR count). The number of nitrogens with zero attached hydrogens (tertiary/aromatic N) is 2. The summed E-state index contributed by atoms with van der Waals surface area (Å²) < 4.78 is 10.6. The van der Waals surface area contributed by atoms with E-state index < -0.39 is 0 Å². The van der Waals surface area contributed by atoms with Crippen molar-refractivity contribution in [3.8, 4) is 0 Å². The van der Waals surface area contributed by atoms with Crippen molar-refractivity contribution in [3.63, 3.8) is 0 Å². The fourth-order valence-electron chi connectivity index (χ4n) is 2.22. The number of furan rings is 1. The van der Waals surface area contributed by atoms with Crippen LogP contribution in [0.4, 0.5) is 11.5 Å². The molecule has 1 aliphatic rings. The van der Waals surface area contributed by atoms with E-state index in [4.69, 9.17) is 9.15 Å². The molecular formula is C16H19N3O2. The van der Waals surface area contributed by atoms with Crippen LogP contribution in [0.2, 0.25) is 0 Å². The summed E-state index contributed by atoms with van der Waals surface area (Å²) in [4.78, 5) is 6.73. The Morgan fingerprint density at radius 3 is 2.86 bits per heavy atom. The minimum Gasteiger partial charge on any atom is -0.465 e. The van der Waals surface area contributed by atoms with Gasteiger partial charge in [-0.15, -0.1) is 0 Å². The standard InChI is InChI=1S/C16H19N3O2/c1(3-15-4-2-10-21-15)7-17-16-6-5-14(13-18-16)19-8-11-20-12-9-19/h1-6,10,13H,7-9,11-12H2,(H,17,18). The quantitative estimate of drug-likeness (QED) is 0.915. The smallest absolute Gasteiger partial charge is 0.126 e. The second-order valence-electron chi connectivity index (χ2n) is 4.80. The van der Waals surface area contributed by atoms with Crippen molar-refractivity contribution in [2.45, 2.75) is 0 Å². The van der Waals surface area contributed by atoms with Crippen LogP contribution in [0.15, 0.2) is 47.2 Å². The first kappa shape index (κ1) is 13.7. The number of anilines is 2. The first-order chi connectivity index (χ1) is 10.4. The van der Waals surface area contributed by atoms with E-state index >= 15 is 0 Å². The molecule has 3 heterocycles. The van der Waals surface area contributed by atoms with E-state index in [1.807, 2.05) is 36.5 Å². The van der Waals surface area contributed by atoms with Crippen molar-refractivity contribution in [1.29, 1.82) is 0 Å². The predicted molar refractivity (Wildman–Crippen MR) is 83.5 cm³/mol. The van der Waals surface area contributed by atoms with E-state index in [9.17, 15) is 0 Å². The summed E-state index contributed by atoms with van der Waals surface area (Å²) in [7, 11) is 0. The minimum atomic E-state index is 0.713. The highest BCUT2D eigenvalue weighted by Gasteiger charge is 2.10. The number of morpholine rings is 1. The van der Waals surface area contributed by atoms with Gasteiger partial charge < -0.3 is 19.4 Å². The maximum atomic E-state index is 5.35. The molecule has 0 unspecified atom stereocenters. The number of hydrogen-bond donors (Lipinski definition) is 1. The van der Waals surface area contributed by atoms with Gasteiger partial charge in [0.1, 0.15) is 11.6 Å². The summed E-state index contributed by atoms with van der Waals surface area (Å²) in [6.07, 6.45) is 7.52. The lowest BCUT2D eigenvalue weighted by molar-refractivity contribution is 0.122. The van der Waals surface area contributed by atoms with Gasteiger partial charge >= 0.3 is 0 Å². The van der Waals surface area contributed by atoms with Crippen molar-refractivity contribution < 1.29 is 9.15 Å². The third kappa shape index (κ3) is 3.86. The molecule has 1 N–H and O–H groups in total. The van der Waals surface area contributed by atoms with Crippen LogP contribution in [0.3, 0.4) is 0 Å². The second-order valence-corrected chi connectivity index (χ2v) is 4.80. The maximum absolute atomic E-state index is 5.35. The summed E-state index contributed by atoms with van der Waals surface area (Å²) in [6, 6.07) is 7.90. The maximum Gasteiger partial charge on any atom is 0.126 e. The van der Waals surface area contributed by atoms with E-state index in [-0.39, 0.29) is 0 Å². The molecule has 0 spiro atoms. The Bertz CT molecular complexity index is 558. The van der Waals surface area contributed by atoms with Crippen LogP contribution in [0.1, 0.15) is 5.76 Å². The lowest BCUT2D eigenvalue weighted by atomic mass is 10.3. The van der Waals surface area contributed by atoms with Crippen LogP contribution < -0.4 is 10.2 Å². The fourth-order valence-corrected chi connectivity index (χ4v) is 2.22. The number of nitrogens with one attached hydrogen (secondary N) is 1. The van der Waals surface area contributed by atoms with Crippen molar-refractivity contribution in [1.82, 2.24) is 4.98 Å². The predicted octanol–water partition coefficient (Wildman–Crippen LogP) is 2.64. The Hall–Kier alpha value is -2.27. The SMILES string of the molecule is C(=Cc1ccco1)CNc1ccc(N2CCOCC2)cn1. The topological polar surface area (TPSA) is 50.5 Å². The highest BCUT2D eigenvalue weighted by Crippen LogP contribution is 2.16. The summed E-state index contributed by atoms with van der Waals surface area (Å²) in [5.74, 6) is 1.73. The molecule has 1 saturated heterocycles. The third-order valence-corrected chi connectivity index (χ3v) is 3.35. The van der Waals surface area contributed by atoms with Crippen LogP contribution in [0.25, 0.3) is 6.08 Å². The molecular weight excluding hydrogens is 266 g/mol. The normalized spacial score (nSPS) is 15.5. The Balaban J connectivity index is 1.50. The van der Waals surface area contributed by atoms with Gasteiger partial charge in [-0.05, 0) is 30.3 Å². The van der Waals surface area contributed by atoms with Crippen LogP contribution in [-0.2, 0) is 4.74 Å². The molecule has 1 aliphatic heterocycles. The van der Waals surface area contributed by atoms with Crippen LogP contribution in [0.5, 0.6) is 0 Å². The van der Waals surface area contributed by atoms with E-state index in [0.29, 0.717) is 6.54 Å². The van der Waals surface area contributed by atoms with Crippen LogP contribution in [0, 0.1) is 0 Å². The van der Waals surface area contributed by atoms with Gasteiger partial charge in [0, 0.05) is 19.6 Å². The van der Waals surface area contributed by atoms with E-state index in [2.05, 4.69) is 21.3 Å². The van der Waals surface area contributed by atoms with Gasteiger partial charge in [-0.25, -0.2) is 4.98 Å². The number of hydrogen-bond acceptors (Lipinski definition) is 5. The first-order valence-electron chi connectivity index (χ1n) is 7.14. The van der Waals surface area contributed by atoms with Crippen molar-refractivity contribution in [2.75, 3.05) is 43.1 Å². The van der Waals surface area contributed by atoms with Gasteiger partial charge in [-0.1, -0.05) is 6.08 Å². The zero-order valence-electron chi connectivity index (χ0n) is 11.9. The highest BCUT2D eigenvalue weighted by molar-refractivity contribution is 5.50. The summed E-state index contributed by atoms with van der Waals surface area (Å²) in [5, 5.41) is 3.25. The second kappa shape index (κ2) is 6.95. The summed E-state index contributed by atoms with van der Waals surface area (Å²) >= 11 is 0. The fraction of sp³-hybridized carbons (Fsp3) is 0.312. The lowest BCUT2D eigenvalue weighted by Gasteiger charge is -2.28. The molecule has 2 aromatic rings. The zero-order valence-corrected chi connectivity index (χ0v) is 11.9. The minimum absolute atomic E-state index is 0.713. The Morgan fingerprint density at radius 1 is 1.24 bits per heavy atom. The number of pyridine rings is 1. The summed E-state index contributed by atoms with van der Waals surface area (Å²) in [5.41, 5.74) is 1.15. The van der Waals surface area contributed by atoms with Gasteiger partial charge in [0.25, 0.3) is 0 Å². The molecule has 0 atom stereocenters. The molecule has 110 valence electrons. The van der Waals surface area contributed by atoms with Crippen molar-refractivity contribution in [2.24, 2.45) is 0 Å². The molecule has 0 amide bonds. The van der Waals surface area contributed by atoms with Crippen molar-refractivity contribution in [3.05, 3.63) is 48.6 Å². The van der Waals surface area contributed by atoms with E-state index in [0.717, 1.165) is 43.6 Å². The van der Waals surface area contributed by atoms with Gasteiger partial charge in [-0.3, -0.25) is 0 Å². The Morgan fingerprint density at radius 2 is 2.14 bits per heavy atom. The average Bonchev–Trinajstić information content (AvgIpc) is 3.06. The lowest BCUT2D eigenvalue weighted by Crippen LogP contribution is -2.36. The molecule has 0 aliphatic carbocycles. The Kier molecular flexibility index (Phi) is 4.53. The highest BCUT2D eigenvalue weighted by atomic mass is 16.5. The number of ether oxygens (including phenoxy) is 1. The first-order valence-corrected chi connectivity index (χ1v) is 7.14. The molecule has 2 aromatic heterocycles. The van der Waals surface area contributed by atoms with Gasteiger partial charge in [0.2, 0.25) is 0 Å². The molecule has 5 nitrogen and oxygen atoms in total. The zero-order chi connectivity index (χ0) is 14.3. The molecule has 1 fully saturated rings. The van der Waals surface area contributed by atoms with Crippen LogP contribution >= 0.6 is 0 Å². The molecule has 0 aromatic carbocycles. The molecule has 5 heteroatoms. The average molecular weight is 285 g/mol. The van der Waals surface area contributed by atoms with Gasteiger partial charge in [-0.2, -0.15) is 0 Å². The van der Waals surface area contributed by atoms with Crippen molar-refractivity contribution >= 4 is 17.6 Å². The number of aromatic nitrogens is 1. The molecule has 0 bridgehead atoms. The van der Waals surface area contributed by atoms with E-state index in [1.54, 1.807) is 6.26 Å². The molecule has 0 radical (unpaired) electrons. The Labute approximate surface area is 124 Å².